The number of carbonyl (C=O) groups excluding carboxylic acids is 2. The number of nitrogens with one attached hydrogen (secondary N) is 2. The zero-order valence-corrected chi connectivity index (χ0v) is 23.9. The van der Waals surface area contributed by atoms with Gasteiger partial charge in [0.2, 0.25) is 0 Å². The molecule has 0 saturated heterocycles. The standard InChI is InChI=1S/C31H30N4O6S/c1-23-12-18-27(19-13-23)42(38,39)35(28-10-6-7-11-29(28)40-2)21-30(36)34-32-20-24-14-16-26(17-15-24)41-22-31(37)33-25-8-4-3-5-9-25/h3-20H,21-22H2,1-2H3,(H,33,37)(H,34,36)/b32-20-. The molecular weight excluding hydrogens is 556 g/mol. The molecule has 0 atom stereocenters. The Morgan fingerprint density at radius 2 is 1.52 bits per heavy atom. The molecule has 4 aromatic rings. The third kappa shape index (κ3) is 7.95. The summed E-state index contributed by atoms with van der Waals surface area (Å²) in [6.07, 6.45) is 1.41. The SMILES string of the molecule is COc1ccccc1N(CC(=O)N/N=C\c1ccc(OCC(=O)Nc2ccccc2)cc1)S(=O)(=O)c1ccc(C)cc1. The van der Waals surface area contributed by atoms with Crippen LogP contribution in [0.2, 0.25) is 0 Å². The molecular formula is C31H30N4O6S. The Balaban J connectivity index is 1.38. The van der Waals surface area contributed by atoms with Crippen LogP contribution in [0.5, 0.6) is 11.5 Å². The molecule has 0 spiro atoms. The summed E-state index contributed by atoms with van der Waals surface area (Å²) >= 11 is 0. The van der Waals surface area contributed by atoms with Crippen molar-refractivity contribution < 1.29 is 27.5 Å². The molecule has 4 rings (SSSR count). The first-order valence-corrected chi connectivity index (χ1v) is 14.3. The van der Waals surface area contributed by atoms with E-state index in [2.05, 4.69) is 15.8 Å². The van der Waals surface area contributed by atoms with Crippen LogP contribution in [0.1, 0.15) is 11.1 Å². The van der Waals surface area contributed by atoms with Crippen molar-refractivity contribution in [2.75, 3.05) is 29.9 Å². The minimum Gasteiger partial charge on any atom is -0.495 e. The van der Waals surface area contributed by atoms with Crippen LogP contribution in [-0.2, 0) is 19.6 Å². The summed E-state index contributed by atoms with van der Waals surface area (Å²) in [5.74, 6) is -0.171. The van der Waals surface area contributed by atoms with Gasteiger partial charge in [-0.1, -0.05) is 48.0 Å². The number of hydrogen-bond acceptors (Lipinski definition) is 7. The number of aryl methyl sites for hydroxylation is 1. The first-order chi connectivity index (χ1) is 20.3. The maximum Gasteiger partial charge on any atom is 0.264 e. The average Bonchev–Trinajstić information content (AvgIpc) is 3.00. The number of nitrogens with zero attached hydrogens (tertiary/aromatic N) is 2. The summed E-state index contributed by atoms with van der Waals surface area (Å²) in [4.78, 5) is 25.0. The lowest BCUT2D eigenvalue weighted by Crippen LogP contribution is -2.39. The first-order valence-electron chi connectivity index (χ1n) is 12.9. The normalized spacial score (nSPS) is 11.1. The van der Waals surface area contributed by atoms with Gasteiger partial charge in [0.1, 0.15) is 18.0 Å². The van der Waals surface area contributed by atoms with Crippen molar-refractivity contribution in [1.29, 1.82) is 0 Å². The summed E-state index contributed by atoms with van der Waals surface area (Å²) in [6.45, 7) is 1.16. The molecule has 4 aromatic carbocycles. The number of ether oxygens (including phenoxy) is 2. The van der Waals surface area contributed by atoms with E-state index in [4.69, 9.17) is 9.47 Å². The highest BCUT2D eigenvalue weighted by atomic mass is 32.2. The van der Waals surface area contributed by atoms with E-state index in [-0.39, 0.29) is 23.1 Å². The number of sulfonamides is 1. The van der Waals surface area contributed by atoms with E-state index in [9.17, 15) is 18.0 Å². The Kier molecular flexibility index (Phi) is 9.90. The summed E-state index contributed by atoms with van der Waals surface area (Å²) in [7, 11) is -2.69. The van der Waals surface area contributed by atoms with Crippen LogP contribution in [0.15, 0.2) is 113 Å². The summed E-state index contributed by atoms with van der Waals surface area (Å²) in [5, 5.41) is 6.71. The van der Waals surface area contributed by atoms with Crippen LogP contribution in [0.4, 0.5) is 11.4 Å². The van der Waals surface area contributed by atoms with Crippen molar-refractivity contribution in [3.05, 3.63) is 114 Å². The van der Waals surface area contributed by atoms with Crippen LogP contribution in [0.3, 0.4) is 0 Å². The summed E-state index contributed by atoms with van der Waals surface area (Å²) in [5.41, 5.74) is 4.82. The predicted molar refractivity (Wildman–Crippen MR) is 161 cm³/mol. The number of carbonyl (C=O) groups is 2. The Morgan fingerprint density at radius 1 is 0.857 bits per heavy atom. The Morgan fingerprint density at radius 3 is 2.21 bits per heavy atom. The number of rotatable bonds is 12. The van der Waals surface area contributed by atoms with Gasteiger partial charge in [-0.15, -0.1) is 0 Å². The Bertz CT molecular complexity index is 1640. The molecule has 2 N–H and O–H groups in total. The van der Waals surface area contributed by atoms with Gasteiger partial charge in [0, 0.05) is 5.69 Å². The highest BCUT2D eigenvalue weighted by Gasteiger charge is 2.29. The van der Waals surface area contributed by atoms with E-state index in [1.165, 1.54) is 25.5 Å². The molecule has 0 bridgehead atoms. The topological polar surface area (TPSA) is 126 Å². The Labute approximate surface area is 244 Å². The number of amides is 2. The largest absolute Gasteiger partial charge is 0.495 e. The number of anilines is 2. The zero-order chi connectivity index (χ0) is 30.0. The van der Waals surface area contributed by atoms with Gasteiger partial charge >= 0.3 is 0 Å². The molecule has 11 heteroatoms. The highest BCUT2D eigenvalue weighted by Crippen LogP contribution is 2.32. The second kappa shape index (κ2) is 14.0. The molecule has 42 heavy (non-hydrogen) atoms. The molecule has 10 nitrogen and oxygen atoms in total. The smallest absolute Gasteiger partial charge is 0.264 e. The molecule has 216 valence electrons. The molecule has 0 aliphatic heterocycles. The fourth-order valence-electron chi connectivity index (χ4n) is 3.84. The maximum atomic E-state index is 13.6. The van der Waals surface area contributed by atoms with Crippen molar-refractivity contribution >= 4 is 39.4 Å². The monoisotopic (exact) mass is 586 g/mol. The van der Waals surface area contributed by atoms with Gasteiger partial charge in [-0.25, -0.2) is 13.8 Å². The van der Waals surface area contributed by atoms with Crippen molar-refractivity contribution in [3.63, 3.8) is 0 Å². The first kappa shape index (κ1) is 29.8. The van der Waals surface area contributed by atoms with E-state index in [0.717, 1.165) is 9.87 Å². The number of benzene rings is 4. The predicted octanol–water partition coefficient (Wildman–Crippen LogP) is 4.37. The van der Waals surface area contributed by atoms with Gasteiger partial charge in [-0.05, 0) is 73.2 Å². The van der Waals surface area contributed by atoms with Crippen LogP contribution in [-0.4, -0.2) is 46.7 Å². The summed E-state index contributed by atoms with van der Waals surface area (Å²) < 4.78 is 39.0. The van der Waals surface area contributed by atoms with Crippen LogP contribution < -0.4 is 24.5 Å². The second-order valence-corrected chi connectivity index (χ2v) is 10.9. The molecule has 0 aromatic heterocycles. The average molecular weight is 587 g/mol. The Hall–Kier alpha value is -5.16. The van der Waals surface area contributed by atoms with E-state index in [1.54, 1.807) is 72.8 Å². The fraction of sp³-hybridized carbons (Fsp3) is 0.129. The second-order valence-electron chi connectivity index (χ2n) is 9.06. The number of para-hydroxylation sites is 3. The van der Waals surface area contributed by atoms with E-state index in [0.29, 0.717) is 22.7 Å². The lowest BCUT2D eigenvalue weighted by molar-refractivity contribution is -0.119. The number of hydrazone groups is 1. The maximum absolute atomic E-state index is 13.6. The minimum atomic E-state index is -4.11. The van der Waals surface area contributed by atoms with E-state index >= 15 is 0 Å². The van der Waals surface area contributed by atoms with E-state index < -0.39 is 22.5 Å². The van der Waals surface area contributed by atoms with Gasteiger partial charge in [-0.3, -0.25) is 13.9 Å². The quantitative estimate of drug-likeness (QED) is 0.188. The number of hydrogen-bond donors (Lipinski definition) is 2. The fourth-order valence-corrected chi connectivity index (χ4v) is 5.27. The third-order valence-electron chi connectivity index (χ3n) is 5.96. The molecule has 0 unspecified atom stereocenters. The molecule has 0 saturated carbocycles. The van der Waals surface area contributed by atoms with Crippen molar-refractivity contribution in [1.82, 2.24) is 5.43 Å². The van der Waals surface area contributed by atoms with Crippen molar-refractivity contribution in [3.8, 4) is 11.5 Å². The molecule has 0 aliphatic carbocycles. The van der Waals surface area contributed by atoms with Gasteiger partial charge in [0.25, 0.3) is 21.8 Å². The van der Waals surface area contributed by atoms with Crippen molar-refractivity contribution in [2.45, 2.75) is 11.8 Å². The van der Waals surface area contributed by atoms with Crippen LogP contribution in [0.25, 0.3) is 0 Å². The van der Waals surface area contributed by atoms with Crippen molar-refractivity contribution in [2.24, 2.45) is 5.10 Å². The minimum absolute atomic E-state index is 0.0372. The summed E-state index contributed by atoms with van der Waals surface area (Å²) in [6, 6.07) is 28.7. The number of methoxy groups -OCH3 is 1. The van der Waals surface area contributed by atoms with Gasteiger partial charge in [0.15, 0.2) is 6.61 Å². The van der Waals surface area contributed by atoms with Gasteiger partial charge in [-0.2, -0.15) is 5.10 Å². The lowest BCUT2D eigenvalue weighted by atomic mass is 10.2. The zero-order valence-electron chi connectivity index (χ0n) is 23.1. The lowest BCUT2D eigenvalue weighted by Gasteiger charge is -2.25. The molecule has 0 radical (unpaired) electrons. The van der Waals surface area contributed by atoms with Gasteiger partial charge in [0.05, 0.1) is 23.9 Å². The molecule has 0 fully saturated rings. The van der Waals surface area contributed by atoms with Gasteiger partial charge < -0.3 is 14.8 Å². The highest BCUT2D eigenvalue weighted by molar-refractivity contribution is 7.92. The molecule has 0 heterocycles. The van der Waals surface area contributed by atoms with E-state index in [1.807, 2.05) is 25.1 Å². The van der Waals surface area contributed by atoms with Crippen LogP contribution in [0, 0.1) is 6.92 Å². The van der Waals surface area contributed by atoms with Crippen LogP contribution >= 0.6 is 0 Å². The molecule has 2 amide bonds. The molecule has 0 aliphatic rings. The third-order valence-corrected chi connectivity index (χ3v) is 7.73.